The zero-order chi connectivity index (χ0) is 19.8. The van der Waals surface area contributed by atoms with Gasteiger partial charge in [0.05, 0.1) is 5.69 Å². The fourth-order valence-electron chi connectivity index (χ4n) is 7.59. The number of hydrogen-bond acceptors (Lipinski definition) is 1. The summed E-state index contributed by atoms with van der Waals surface area (Å²) in [6.07, 6.45) is 10.0. The first-order valence-corrected chi connectivity index (χ1v) is 11.2. The molecule has 0 aliphatic heterocycles. The van der Waals surface area contributed by atoms with Crippen LogP contribution in [0, 0.1) is 20.8 Å². The van der Waals surface area contributed by atoms with Crippen molar-refractivity contribution < 1.29 is 0 Å². The minimum absolute atomic E-state index is 0.319. The number of nitrogens with zero attached hydrogens (tertiary/aromatic N) is 1. The minimum atomic E-state index is 0.319. The first-order chi connectivity index (χ1) is 14.1. The maximum atomic E-state index is 4.92. The molecule has 0 radical (unpaired) electrons. The number of hydrogen-bond donors (Lipinski definition) is 0. The Kier molecular flexibility index (Phi) is 3.50. The van der Waals surface area contributed by atoms with Crippen LogP contribution in [0.1, 0.15) is 66.3 Å². The maximum Gasteiger partial charge on any atom is 0.0742 e. The van der Waals surface area contributed by atoms with E-state index in [2.05, 4.69) is 63.2 Å². The summed E-state index contributed by atoms with van der Waals surface area (Å²) in [5.74, 6) is 0. The molecule has 6 rings (SSSR count). The highest BCUT2D eigenvalue weighted by Crippen LogP contribution is 2.69. The predicted octanol–water partition coefficient (Wildman–Crippen LogP) is 7.20. The molecule has 0 spiro atoms. The molecular weight excluding hydrogens is 350 g/mol. The first-order valence-electron chi connectivity index (χ1n) is 11.2. The molecule has 1 nitrogen and oxygen atoms in total. The molecule has 29 heavy (non-hydrogen) atoms. The van der Waals surface area contributed by atoms with Gasteiger partial charge in [-0.05, 0) is 92.0 Å². The third kappa shape index (κ3) is 2.09. The van der Waals surface area contributed by atoms with E-state index in [1.54, 1.807) is 5.56 Å². The molecule has 1 aromatic heterocycles. The van der Waals surface area contributed by atoms with Crippen LogP contribution >= 0.6 is 0 Å². The zero-order valence-electron chi connectivity index (χ0n) is 17.8. The van der Waals surface area contributed by atoms with Crippen molar-refractivity contribution in [3.05, 3.63) is 76.5 Å². The van der Waals surface area contributed by atoms with Gasteiger partial charge in [-0.1, -0.05) is 48.7 Å². The van der Waals surface area contributed by atoms with Gasteiger partial charge in [-0.2, -0.15) is 0 Å². The number of benzene rings is 2. The molecule has 0 atom stereocenters. The van der Waals surface area contributed by atoms with Crippen molar-refractivity contribution in [1.82, 2.24) is 4.98 Å². The molecule has 2 saturated carbocycles. The van der Waals surface area contributed by atoms with Gasteiger partial charge in [-0.3, -0.25) is 4.98 Å². The van der Waals surface area contributed by atoms with Gasteiger partial charge < -0.3 is 0 Å². The van der Waals surface area contributed by atoms with E-state index in [1.165, 1.54) is 83.2 Å². The van der Waals surface area contributed by atoms with Crippen molar-refractivity contribution in [2.75, 3.05) is 0 Å². The summed E-state index contributed by atoms with van der Waals surface area (Å²) in [6, 6.07) is 16.5. The molecule has 2 fully saturated rings. The van der Waals surface area contributed by atoms with Crippen molar-refractivity contribution in [3.63, 3.8) is 0 Å². The van der Waals surface area contributed by atoms with Crippen LogP contribution in [0.25, 0.3) is 22.4 Å². The highest BCUT2D eigenvalue weighted by Gasteiger charge is 2.62. The molecule has 3 aliphatic rings. The largest absolute Gasteiger partial charge is 0.256 e. The fraction of sp³-hybridized carbons (Fsp3) is 0.393. The molecule has 3 aromatic rings. The molecule has 0 saturated heterocycles. The van der Waals surface area contributed by atoms with Crippen LogP contribution in [0.2, 0.25) is 0 Å². The van der Waals surface area contributed by atoms with E-state index in [0.717, 1.165) is 0 Å². The molecule has 1 heteroatoms. The van der Waals surface area contributed by atoms with Crippen LogP contribution in [0.3, 0.4) is 0 Å². The van der Waals surface area contributed by atoms with E-state index in [0.29, 0.717) is 10.8 Å². The second-order valence-corrected chi connectivity index (χ2v) is 9.80. The van der Waals surface area contributed by atoms with Crippen LogP contribution in [-0.2, 0) is 10.8 Å². The zero-order valence-corrected chi connectivity index (χ0v) is 17.8. The van der Waals surface area contributed by atoms with E-state index in [-0.39, 0.29) is 0 Å². The van der Waals surface area contributed by atoms with E-state index in [4.69, 9.17) is 4.98 Å². The Morgan fingerprint density at radius 2 is 1.41 bits per heavy atom. The van der Waals surface area contributed by atoms with Gasteiger partial charge >= 0.3 is 0 Å². The summed E-state index contributed by atoms with van der Waals surface area (Å²) in [5, 5.41) is 0. The summed E-state index contributed by atoms with van der Waals surface area (Å²) in [5.41, 5.74) is 13.4. The van der Waals surface area contributed by atoms with Crippen LogP contribution < -0.4 is 0 Å². The van der Waals surface area contributed by atoms with Crippen LogP contribution in [0.15, 0.2) is 48.7 Å². The molecule has 146 valence electrons. The number of aromatic nitrogens is 1. The van der Waals surface area contributed by atoms with E-state index < -0.39 is 0 Å². The van der Waals surface area contributed by atoms with Crippen molar-refractivity contribution in [3.8, 4) is 22.4 Å². The Bertz CT molecular complexity index is 1120. The van der Waals surface area contributed by atoms with Crippen molar-refractivity contribution in [2.45, 2.75) is 70.1 Å². The molecule has 3 aliphatic carbocycles. The van der Waals surface area contributed by atoms with Gasteiger partial charge in [0.1, 0.15) is 0 Å². The highest BCUT2D eigenvalue weighted by molar-refractivity contribution is 5.81. The second-order valence-electron chi connectivity index (χ2n) is 9.80. The van der Waals surface area contributed by atoms with Gasteiger partial charge in [0.25, 0.3) is 0 Å². The Labute approximate surface area is 174 Å². The standard InChI is InChI=1S/C28H29N/c1-18-15-19(2)25(20(3)16-18)21-8-9-22-24(17-21)28-12-5-10-27(28,11-6-13-28)23-7-4-14-29-26(22)23/h4,7-9,14-17H,5-6,10-13H2,1-3H3. The minimum Gasteiger partial charge on any atom is -0.256 e. The smallest absolute Gasteiger partial charge is 0.0742 e. The maximum absolute atomic E-state index is 4.92. The van der Waals surface area contributed by atoms with E-state index >= 15 is 0 Å². The Balaban J connectivity index is 1.65. The molecule has 0 amide bonds. The SMILES string of the molecule is Cc1cc(C)c(-c2ccc3c(c2)C24CCCC2(CCC4)c2cccnc2-3)c(C)c1. The van der Waals surface area contributed by atoms with Gasteiger partial charge in [0.2, 0.25) is 0 Å². The predicted molar refractivity (Wildman–Crippen MR) is 120 cm³/mol. The van der Waals surface area contributed by atoms with E-state index in [9.17, 15) is 0 Å². The lowest BCUT2D eigenvalue weighted by atomic mass is 9.56. The summed E-state index contributed by atoms with van der Waals surface area (Å²) in [7, 11) is 0. The van der Waals surface area contributed by atoms with Gasteiger partial charge in [-0.15, -0.1) is 0 Å². The summed E-state index contributed by atoms with van der Waals surface area (Å²) in [6.45, 7) is 6.72. The lowest BCUT2D eigenvalue weighted by molar-refractivity contribution is 0.298. The topological polar surface area (TPSA) is 12.9 Å². The summed E-state index contributed by atoms with van der Waals surface area (Å²) in [4.78, 5) is 4.92. The van der Waals surface area contributed by atoms with Crippen LogP contribution in [-0.4, -0.2) is 4.98 Å². The van der Waals surface area contributed by atoms with Crippen molar-refractivity contribution in [1.29, 1.82) is 0 Å². The molecule has 0 unspecified atom stereocenters. The third-order valence-corrected chi connectivity index (χ3v) is 8.41. The Hall–Kier alpha value is -2.41. The van der Waals surface area contributed by atoms with Gasteiger partial charge in [0, 0.05) is 22.6 Å². The summed E-state index contributed by atoms with van der Waals surface area (Å²) >= 11 is 0. The lowest BCUT2D eigenvalue weighted by Crippen LogP contribution is -2.43. The van der Waals surface area contributed by atoms with Crippen LogP contribution in [0.4, 0.5) is 0 Å². The molecule has 0 N–H and O–H groups in total. The molecule has 2 aromatic carbocycles. The average Bonchev–Trinajstić information content (AvgIpc) is 3.25. The van der Waals surface area contributed by atoms with Gasteiger partial charge in [0.15, 0.2) is 0 Å². The summed E-state index contributed by atoms with van der Waals surface area (Å²) < 4.78 is 0. The fourth-order valence-corrected chi connectivity index (χ4v) is 7.59. The van der Waals surface area contributed by atoms with Crippen molar-refractivity contribution in [2.24, 2.45) is 0 Å². The number of rotatable bonds is 1. The Morgan fingerprint density at radius 3 is 2.10 bits per heavy atom. The molecule has 0 bridgehead atoms. The quantitative estimate of drug-likeness (QED) is 0.436. The lowest BCUT2D eigenvalue weighted by Gasteiger charge is -2.47. The van der Waals surface area contributed by atoms with Gasteiger partial charge in [-0.25, -0.2) is 0 Å². The Morgan fingerprint density at radius 1 is 0.759 bits per heavy atom. The number of pyridine rings is 1. The molecule has 1 heterocycles. The third-order valence-electron chi connectivity index (χ3n) is 8.41. The van der Waals surface area contributed by atoms with Crippen LogP contribution in [0.5, 0.6) is 0 Å². The number of fused-ring (bicyclic) bond motifs is 3. The van der Waals surface area contributed by atoms with E-state index in [1.807, 2.05) is 6.20 Å². The monoisotopic (exact) mass is 379 g/mol. The first kappa shape index (κ1) is 17.4. The number of aryl methyl sites for hydroxylation is 3. The molecular formula is C28H29N. The second kappa shape index (κ2) is 5.81. The average molecular weight is 380 g/mol. The highest BCUT2D eigenvalue weighted by atomic mass is 14.7. The normalized spacial score (nSPS) is 26.6. The van der Waals surface area contributed by atoms with Crippen molar-refractivity contribution >= 4 is 0 Å².